The van der Waals surface area contributed by atoms with E-state index < -0.39 is 0 Å². The average molecular weight is 407 g/mol. The van der Waals surface area contributed by atoms with Crippen molar-refractivity contribution in [1.82, 2.24) is 4.98 Å². The van der Waals surface area contributed by atoms with E-state index in [-0.39, 0.29) is 11.7 Å². The number of aromatic nitrogens is 1. The summed E-state index contributed by atoms with van der Waals surface area (Å²) >= 11 is 1.21. The summed E-state index contributed by atoms with van der Waals surface area (Å²) in [6.45, 7) is 1.61. The fourth-order valence-electron chi connectivity index (χ4n) is 3.03. The number of ether oxygens (including phenoxy) is 1. The summed E-state index contributed by atoms with van der Waals surface area (Å²) in [4.78, 5) is 18.4. The Bertz CT molecular complexity index is 1240. The Morgan fingerprint density at radius 1 is 1.17 bits per heavy atom. The quantitative estimate of drug-likeness (QED) is 0.484. The number of nitrogens with one attached hydrogen (secondary N) is 1. The number of halogens is 1. The summed E-state index contributed by atoms with van der Waals surface area (Å²) < 4.78 is 19.0. The highest BCUT2D eigenvalue weighted by atomic mass is 32.1. The fourth-order valence-corrected chi connectivity index (χ4v) is 4.02. The van der Waals surface area contributed by atoms with Crippen molar-refractivity contribution < 1.29 is 13.9 Å². The van der Waals surface area contributed by atoms with Crippen molar-refractivity contribution in [3.63, 3.8) is 0 Å². The number of thiophene rings is 1. The van der Waals surface area contributed by atoms with Crippen LogP contribution in [0.5, 0.6) is 5.75 Å². The highest BCUT2D eigenvalue weighted by Crippen LogP contribution is 2.35. The first kappa shape index (κ1) is 18.9. The first-order valence-electron chi connectivity index (χ1n) is 8.88. The summed E-state index contributed by atoms with van der Waals surface area (Å²) in [6, 6.07) is 15.9. The minimum atomic E-state index is -0.387. The predicted octanol–water partition coefficient (Wildman–Crippen LogP) is 5.25. The van der Waals surface area contributed by atoms with E-state index in [2.05, 4.69) is 10.3 Å². The molecular formula is C22H18FN3O2S. The lowest BCUT2D eigenvalue weighted by molar-refractivity contribution is 0.103. The zero-order valence-corrected chi connectivity index (χ0v) is 16.6. The van der Waals surface area contributed by atoms with Gasteiger partial charge in [-0.3, -0.25) is 4.79 Å². The number of fused-ring (bicyclic) bond motifs is 1. The molecule has 0 saturated carbocycles. The number of nitrogens with zero attached hydrogens (tertiary/aromatic N) is 1. The van der Waals surface area contributed by atoms with Crippen molar-refractivity contribution in [3.05, 3.63) is 70.9 Å². The molecule has 2 heterocycles. The molecule has 4 rings (SSSR count). The van der Waals surface area contributed by atoms with Crippen molar-refractivity contribution in [2.75, 3.05) is 18.2 Å². The van der Waals surface area contributed by atoms with Crippen LogP contribution in [0.25, 0.3) is 21.5 Å². The van der Waals surface area contributed by atoms with Gasteiger partial charge in [0, 0.05) is 22.2 Å². The lowest BCUT2D eigenvalue weighted by atomic mass is 10.1. The van der Waals surface area contributed by atoms with Crippen molar-refractivity contribution >= 4 is 38.8 Å². The van der Waals surface area contributed by atoms with Crippen LogP contribution in [0.3, 0.4) is 0 Å². The number of hydrogen-bond acceptors (Lipinski definition) is 5. The van der Waals surface area contributed by atoms with Gasteiger partial charge >= 0.3 is 0 Å². The van der Waals surface area contributed by atoms with E-state index in [0.717, 1.165) is 17.0 Å². The van der Waals surface area contributed by atoms with E-state index >= 15 is 0 Å². The summed E-state index contributed by atoms with van der Waals surface area (Å²) in [6.07, 6.45) is 0. The number of anilines is 2. The van der Waals surface area contributed by atoms with Gasteiger partial charge in [-0.2, -0.15) is 0 Å². The molecular weight excluding hydrogens is 389 g/mol. The van der Waals surface area contributed by atoms with Gasteiger partial charge in [0.15, 0.2) is 0 Å². The van der Waals surface area contributed by atoms with E-state index in [1.807, 2.05) is 36.4 Å². The van der Waals surface area contributed by atoms with Gasteiger partial charge in [0.1, 0.15) is 21.3 Å². The van der Waals surface area contributed by atoms with Crippen molar-refractivity contribution in [2.45, 2.75) is 6.92 Å². The van der Waals surface area contributed by atoms with E-state index in [4.69, 9.17) is 10.5 Å². The third kappa shape index (κ3) is 3.52. The molecule has 2 aromatic heterocycles. The van der Waals surface area contributed by atoms with Gasteiger partial charge in [0.2, 0.25) is 0 Å². The SMILES string of the molecule is COc1cccc(-c2ccc3c(N)c(C(=O)Nc4cccc(F)c4C)sc3n2)c1. The molecule has 0 atom stereocenters. The van der Waals surface area contributed by atoms with Gasteiger partial charge in [0.05, 0.1) is 18.5 Å². The standard InChI is InChI=1S/C22H18FN3O2S/c1-12-16(23)7-4-8-17(12)25-21(27)20-19(24)15-9-10-18(26-22(15)29-20)13-5-3-6-14(11-13)28-2/h3-11H,24H2,1-2H3,(H,25,27). The molecule has 4 aromatic rings. The Hall–Kier alpha value is -3.45. The van der Waals surface area contributed by atoms with Crippen LogP contribution in [0.2, 0.25) is 0 Å². The smallest absolute Gasteiger partial charge is 0.267 e. The van der Waals surface area contributed by atoms with Gasteiger partial charge in [0.25, 0.3) is 5.91 Å². The molecule has 0 aliphatic heterocycles. The van der Waals surface area contributed by atoms with Crippen molar-refractivity contribution in [3.8, 4) is 17.0 Å². The Morgan fingerprint density at radius 2 is 1.97 bits per heavy atom. The third-order valence-electron chi connectivity index (χ3n) is 4.68. The molecule has 1 amide bonds. The van der Waals surface area contributed by atoms with Gasteiger partial charge in [-0.05, 0) is 43.3 Å². The minimum Gasteiger partial charge on any atom is -0.497 e. The Morgan fingerprint density at radius 3 is 2.76 bits per heavy atom. The summed E-state index contributed by atoms with van der Waals surface area (Å²) in [5.74, 6) is -0.0283. The summed E-state index contributed by atoms with van der Waals surface area (Å²) in [7, 11) is 1.61. The lowest BCUT2D eigenvalue weighted by Crippen LogP contribution is -2.13. The van der Waals surface area contributed by atoms with Gasteiger partial charge < -0.3 is 15.8 Å². The maximum absolute atomic E-state index is 13.7. The molecule has 0 spiro atoms. The average Bonchev–Trinajstić information content (AvgIpc) is 3.07. The zero-order chi connectivity index (χ0) is 20.5. The van der Waals surface area contributed by atoms with Gasteiger partial charge in [-0.25, -0.2) is 9.37 Å². The molecule has 146 valence electrons. The van der Waals surface area contributed by atoms with E-state index in [1.54, 1.807) is 26.2 Å². The zero-order valence-electron chi connectivity index (χ0n) is 15.8. The van der Waals surface area contributed by atoms with E-state index in [0.29, 0.717) is 32.0 Å². The van der Waals surface area contributed by atoms with Crippen LogP contribution < -0.4 is 15.8 Å². The highest BCUT2D eigenvalue weighted by molar-refractivity contribution is 7.21. The third-order valence-corrected chi connectivity index (χ3v) is 5.80. The summed E-state index contributed by atoms with van der Waals surface area (Å²) in [5, 5.41) is 3.45. The second kappa shape index (κ2) is 7.52. The van der Waals surface area contributed by atoms with E-state index in [9.17, 15) is 9.18 Å². The van der Waals surface area contributed by atoms with Crippen LogP contribution in [-0.4, -0.2) is 18.0 Å². The lowest BCUT2D eigenvalue weighted by Gasteiger charge is -2.08. The largest absolute Gasteiger partial charge is 0.497 e. The molecule has 0 aliphatic carbocycles. The predicted molar refractivity (Wildman–Crippen MR) is 115 cm³/mol. The maximum atomic E-state index is 13.7. The molecule has 5 nitrogen and oxygen atoms in total. The molecule has 29 heavy (non-hydrogen) atoms. The van der Waals surface area contributed by atoms with Crippen LogP contribution >= 0.6 is 11.3 Å². The number of nitrogen functional groups attached to an aromatic ring is 1. The van der Waals surface area contributed by atoms with Crippen LogP contribution in [0, 0.1) is 12.7 Å². The molecule has 0 saturated heterocycles. The number of benzene rings is 2. The first-order chi connectivity index (χ1) is 14.0. The topological polar surface area (TPSA) is 77.2 Å². The number of methoxy groups -OCH3 is 1. The molecule has 0 radical (unpaired) electrons. The van der Waals surface area contributed by atoms with Crippen LogP contribution in [0.4, 0.5) is 15.8 Å². The maximum Gasteiger partial charge on any atom is 0.267 e. The Kier molecular flexibility index (Phi) is 4.90. The number of hydrogen-bond donors (Lipinski definition) is 2. The Labute approximate surface area is 171 Å². The molecule has 2 aromatic carbocycles. The first-order valence-corrected chi connectivity index (χ1v) is 9.69. The Balaban J connectivity index is 1.70. The monoisotopic (exact) mass is 407 g/mol. The fraction of sp³-hybridized carbons (Fsp3) is 0.0909. The second-order valence-corrected chi connectivity index (χ2v) is 7.49. The molecule has 0 bridgehead atoms. The molecule has 3 N–H and O–H groups in total. The summed E-state index contributed by atoms with van der Waals surface area (Å²) in [5.41, 5.74) is 9.02. The molecule has 0 unspecified atom stereocenters. The highest BCUT2D eigenvalue weighted by Gasteiger charge is 2.19. The number of pyridine rings is 1. The number of nitrogens with two attached hydrogens (primary N) is 1. The second-order valence-electron chi connectivity index (χ2n) is 6.49. The number of carbonyl (C=O) groups is 1. The molecule has 0 aliphatic rings. The molecule has 0 fully saturated rings. The molecule has 7 heteroatoms. The normalized spacial score (nSPS) is 10.9. The van der Waals surface area contributed by atoms with Gasteiger partial charge in [-0.1, -0.05) is 18.2 Å². The van der Waals surface area contributed by atoms with Gasteiger partial charge in [-0.15, -0.1) is 11.3 Å². The van der Waals surface area contributed by atoms with Crippen molar-refractivity contribution in [2.24, 2.45) is 0 Å². The van der Waals surface area contributed by atoms with Crippen LogP contribution in [-0.2, 0) is 0 Å². The number of carbonyl (C=O) groups excluding carboxylic acids is 1. The van der Waals surface area contributed by atoms with E-state index in [1.165, 1.54) is 17.4 Å². The number of rotatable bonds is 4. The van der Waals surface area contributed by atoms with Crippen LogP contribution in [0.1, 0.15) is 15.2 Å². The van der Waals surface area contributed by atoms with Crippen LogP contribution in [0.15, 0.2) is 54.6 Å². The number of amides is 1. The van der Waals surface area contributed by atoms with Crippen molar-refractivity contribution in [1.29, 1.82) is 0 Å². The minimum absolute atomic E-state index is 0.346.